The Morgan fingerprint density at radius 1 is 1.47 bits per heavy atom. The Bertz CT molecular complexity index is 536. The Morgan fingerprint density at radius 3 is 3.06 bits per heavy atom. The number of amides is 1. The Hall–Kier alpha value is -1.91. The highest BCUT2D eigenvalue weighted by Crippen LogP contribution is 2.07. The summed E-state index contributed by atoms with van der Waals surface area (Å²) in [6.45, 7) is 2.66. The van der Waals surface area contributed by atoms with Crippen LogP contribution >= 0.6 is 0 Å². The normalized spacial score (nSPS) is 10.7. The Balaban J connectivity index is 2.11. The topological polar surface area (TPSA) is 46.4 Å². The SMILES string of the molecule is CCCNC(=O)Cc1cn2cc(F)ccc2n1. The van der Waals surface area contributed by atoms with Gasteiger partial charge in [0.25, 0.3) is 0 Å². The molecule has 90 valence electrons. The van der Waals surface area contributed by atoms with Gasteiger partial charge in [-0.2, -0.15) is 0 Å². The number of aromatic nitrogens is 2. The molecule has 0 radical (unpaired) electrons. The molecule has 1 amide bonds. The van der Waals surface area contributed by atoms with Gasteiger partial charge in [0.1, 0.15) is 11.5 Å². The summed E-state index contributed by atoms with van der Waals surface area (Å²) in [5.74, 6) is -0.382. The third kappa shape index (κ3) is 2.81. The first kappa shape index (κ1) is 11.6. The molecule has 0 unspecified atom stereocenters. The minimum Gasteiger partial charge on any atom is -0.356 e. The van der Waals surface area contributed by atoms with E-state index in [2.05, 4.69) is 10.3 Å². The number of fused-ring (bicyclic) bond motifs is 1. The molecule has 1 N–H and O–H groups in total. The van der Waals surface area contributed by atoms with Gasteiger partial charge >= 0.3 is 0 Å². The van der Waals surface area contributed by atoms with Crippen LogP contribution < -0.4 is 5.32 Å². The predicted molar refractivity (Wildman–Crippen MR) is 62.2 cm³/mol. The summed E-state index contributed by atoms with van der Waals surface area (Å²) < 4.78 is 14.5. The van der Waals surface area contributed by atoms with Crippen molar-refractivity contribution >= 4 is 11.6 Å². The maximum absolute atomic E-state index is 12.9. The highest BCUT2D eigenvalue weighted by atomic mass is 19.1. The van der Waals surface area contributed by atoms with Crippen molar-refractivity contribution in [1.82, 2.24) is 14.7 Å². The summed E-state index contributed by atoms with van der Waals surface area (Å²) in [5, 5.41) is 2.77. The molecule has 0 saturated carbocycles. The summed E-state index contributed by atoms with van der Waals surface area (Å²) in [5.41, 5.74) is 1.29. The summed E-state index contributed by atoms with van der Waals surface area (Å²) in [4.78, 5) is 15.7. The van der Waals surface area contributed by atoms with Crippen molar-refractivity contribution < 1.29 is 9.18 Å². The Kier molecular flexibility index (Phi) is 3.37. The van der Waals surface area contributed by atoms with Gasteiger partial charge in [-0.05, 0) is 18.6 Å². The van der Waals surface area contributed by atoms with Crippen LogP contribution in [0.2, 0.25) is 0 Å². The quantitative estimate of drug-likeness (QED) is 0.873. The molecule has 0 atom stereocenters. The fraction of sp³-hybridized carbons (Fsp3) is 0.333. The molecule has 0 saturated heterocycles. The Morgan fingerprint density at radius 2 is 2.29 bits per heavy atom. The number of carbonyl (C=O) groups is 1. The molecule has 0 aliphatic heterocycles. The molecule has 0 aliphatic rings. The molecule has 0 fully saturated rings. The summed E-state index contributed by atoms with van der Waals surface area (Å²) >= 11 is 0. The summed E-state index contributed by atoms with van der Waals surface area (Å²) in [6, 6.07) is 2.94. The van der Waals surface area contributed by atoms with E-state index in [1.807, 2.05) is 6.92 Å². The average molecular weight is 235 g/mol. The minimum atomic E-state index is -0.322. The lowest BCUT2D eigenvalue weighted by atomic mass is 10.3. The molecule has 0 spiro atoms. The van der Waals surface area contributed by atoms with E-state index in [4.69, 9.17) is 0 Å². The summed E-state index contributed by atoms with van der Waals surface area (Å²) in [7, 11) is 0. The van der Waals surface area contributed by atoms with Gasteiger partial charge in [0.15, 0.2) is 0 Å². The Labute approximate surface area is 98.5 Å². The average Bonchev–Trinajstić information content (AvgIpc) is 2.67. The smallest absolute Gasteiger partial charge is 0.226 e. The highest BCUT2D eigenvalue weighted by Gasteiger charge is 2.07. The van der Waals surface area contributed by atoms with Crippen molar-refractivity contribution in [2.75, 3.05) is 6.54 Å². The fourth-order valence-corrected chi connectivity index (χ4v) is 1.59. The van der Waals surface area contributed by atoms with Crippen LogP contribution in [0.1, 0.15) is 19.0 Å². The number of hydrogen-bond donors (Lipinski definition) is 1. The van der Waals surface area contributed by atoms with Crippen LogP contribution in [0.3, 0.4) is 0 Å². The molecule has 0 bridgehead atoms. The van der Waals surface area contributed by atoms with E-state index in [1.54, 1.807) is 16.7 Å². The number of rotatable bonds is 4. The lowest BCUT2D eigenvalue weighted by molar-refractivity contribution is -0.120. The van der Waals surface area contributed by atoms with Crippen molar-refractivity contribution in [1.29, 1.82) is 0 Å². The number of nitrogens with one attached hydrogen (secondary N) is 1. The molecule has 2 heterocycles. The van der Waals surface area contributed by atoms with Crippen molar-refractivity contribution in [3.8, 4) is 0 Å². The number of imidazole rings is 1. The van der Waals surface area contributed by atoms with Crippen molar-refractivity contribution in [3.05, 3.63) is 36.0 Å². The van der Waals surface area contributed by atoms with Crippen LogP contribution in [-0.4, -0.2) is 21.8 Å². The van der Waals surface area contributed by atoms with Crippen LogP contribution in [0.4, 0.5) is 4.39 Å². The molecule has 2 rings (SSSR count). The maximum Gasteiger partial charge on any atom is 0.226 e. The van der Waals surface area contributed by atoms with Crippen LogP contribution in [0.25, 0.3) is 5.65 Å². The van der Waals surface area contributed by atoms with E-state index in [-0.39, 0.29) is 18.1 Å². The fourth-order valence-electron chi connectivity index (χ4n) is 1.59. The van der Waals surface area contributed by atoms with Gasteiger partial charge in [0.2, 0.25) is 5.91 Å². The molecule has 0 aromatic carbocycles. The first-order valence-electron chi connectivity index (χ1n) is 5.59. The number of hydrogen-bond acceptors (Lipinski definition) is 2. The van der Waals surface area contributed by atoms with Crippen molar-refractivity contribution in [2.24, 2.45) is 0 Å². The lowest BCUT2D eigenvalue weighted by Gasteiger charge is -1.99. The van der Waals surface area contributed by atoms with Gasteiger partial charge < -0.3 is 9.72 Å². The first-order chi connectivity index (χ1) is 8.19. The number of pyridine rings is 1. The van der Waals surface area contributed by atoms with Gasteiger partial charge in [0, 0.05) is 18.9 Å². The van der Waals surface area contributed by atoms with Crippen molar-refractivity contribution in [3.63, 3.8) is 0 Å². The largest absolute Gasteiger partial charge is 0.356 e. The third-order valence-electron chi connectivity index (χ3n) is 2.38. The zero-order chi connectivity index (χ0) is 12.3. The standard InChI is InChI=1S/C12H14FN3O/c1-2-5-14-12(17)6-10-8-16-7-9(13)3-4-11(16)15-10/h3-4,7-8H,2,5-6H2,1H3,(H,14,17). The minimum absolute atomic E-state index is 0.0595. The van der Waals surface area contributed by atoms with Gasteiger partial charge in [0.05, 0.1) is 12.1 Å². The number of halogens is 1. The number of nitrogens with zero attached hydrogens (tertiary/aromatic N) is 2. The van der Waals surface area contributed by atoms with Crippen LogP contribution in [0.5, 0.6) is 0 Å². The zero-order valence-corrected chi connectivity index (χ0v) is 9.61. The van der Waals surface area contributed by atoms with E-state index < -0.39 is 0 Å². The molecule has 2 aromatic heterocycles. The maximum atomic E-state index is 12.9. The second kappa shape index (κ2) is 4.95. The van der Waals surface area contributed by atoms with Crippen LogP contribution in [0.15, 0.2) is 24.5 Å². The molecule has 17 heavy (non-hydrogen) atoms. The van der Waals surface area contributed by atoms with Gasteiger partial charge in [-0.1, -0.05) is 6.92 Å². The van der Waals surface area contributed by atoms with Gasteiger partial charge in [-0.3, -0.25) is 4.79 Å². The second-order valence-corrected chi connectivity index (χ2v) is 3.87. The molecule has 5 heteroatoms. The molecule has 0 aliphatic carbocycles. The number of carbonyl (C=O) groups excluding carboxylic acids is 1. The third-order valence-corrected chi connectivity index (χ3v) is 2.38. The molecule has 4 nitrogen and oxygen atoms in total. The summed E-state index contributed by atoms with van der Waals surface area (Å²) in [6.07, 6.45) is 4.14. The van der Waals surface area contributed by atoms with E-state index in [9.17, 15) is 9.18 Å². The van der Waals surface area contributed by atoms with Crippen LogP contribution in [-0.2, 0) is 11.2 Å². The zero-order valence-electron chi connectivity index (χ0n) is 9.61. The monoisotopic (exact) mass is 235 g/mol. The van der Waals surface area contributed by atoms with E-state index >= 15 is 0 Å². The van der Waals surface area contributed by atoms with E-state index in [1.165, 1.54) is 12.3 Å². The van der Waals surface area contributed by atoms with Gasteiger partial charge in [-0.15, -0.1) is 0 Å². The lowest BCUT2D eigenvalue weighted by Crippen LogP contribution is -2.25. The van der Waals surface area contributed by atoms with E-state index in [0.717, 1.165) is 6.42 Å². The first-order valence-corrected chi connectivity index (χ1v) is 5.59. The van der Waals surface area contributed by atoms with Gasteiger partial charge in [-0.25, -0.2) is 9.37 Å². The molecular weight excluding hydrogens is 221 g/mol. The second-order valence-electron chi connectivity index (χ2n) is 3.87. The van der Waals surface area contributed by atoms with Crippen molar-refractivity contribution in [2.45, 2.75) is 19.8 Å². The molecule has 2 aromatic rings. The predicted octanol–water partition coefficient (Wildman–Crippen LogP) is 1.54. The highest BCUT2D eigenvalue weighted by molar-refractivity contribution is 5.78. The van der Waals surface area contributed by atoms with E-state index in [0.29, 0.717) is 17.9 Å². The molecular formula is C12H14FN3O. The van der Waals surface area contributed by atoms with Crippen LogP contribution in [0, 0.1) is 5.82 Å².